The van der Waals surface area contributed by atoms with Gasteiger partial charge in [-0.1, -0.05) is 42.8 Å². The van der Waals surface area contributed by atoms with Crippen LogP contribution in [0, 0.1) is 5.82 Å². The van der Waals surface area contributed by atoms with Crippen molar-refractivity contribution in [1.29, 1.82) is 0 Å². The van der Waals surface area contributed by atoms with Crippen LogP contribution in [-0.2, 0) is 6.42 Å². The highest BCUT2D eigenvalue weighted by atomic mass is 35.5. The lowest BCUT2D eigenvalue weighted by Crippen LogP contribution is -2.23. The number of halogens is 2. The van der Waals surface area contributed by atoms with Crippen molar-refractivity contribution in [3.05, 3.63) is 58.4 Å². The second-order valence-corrected chi connectivity index (χ2v) is 5.25. The molecule has 0 aliphatic carbocycles. The van der Waals surface area contributed by atoms with Crippen molar-refractivity contribution in [2.75, 3.05) is 11.9 Å². The van der Waals surface area contributed by atoms with E-state index in [9.17, 15) is 4.39 Å². The molecule has 4 heteroatoms. The Morgan fingerprint density at radius 2 is 2.05 bits per heavy atom. The van der Waals surface area contributed by atoms with E-state index in [1.807, 2.05) is 0 Å². The van der Waals surface area contributed by atoms with Crippen LogP contribution in [0.15, 0.2) is 36.4 Å². The second kappa shape index (κ2) is 5.33. The van der Waals surface area contributed by atoms with Crippen LogP contribution in [0.4, 0.5) is 10.1 Å². The van der Waals surface area contributed by atoms with Gasteiger partial charge in [0.25, 0.3) is 0 Å². The topological polar surface area (TPSA) is 21.3 Å². The van der Waals surface area contributed by atoms with Gasteiger partial charge in [-0.05, 0) is 23.6 Å². The molecule has 0 bridgehead atoms. The summed E-state index contributed by atoms with van der Waals surface area (Å²) in [4.78, 5) is 0. The molecule has 0 aromatic heterocycles. The average molecular weight is 292 g/mol. The Hall–Kier alpha value is -1.74. The van der Waals surface area contributed by atoms with Gasteiger partial charge in [-0.15, -0.1) is 0 Å². The number of nitrogens with one attached hydrogen (secondary N) is 1. The summed E-state index contributed by atoms with van der Waals surface area (Å²) >= 11 is 5.76. The fourth-order valence-corrected chi connectivity index (χ4v) is 2.48. The highest BCUT2D eigenvalue weighted by Gasteiger charge is 2.22. The summed E-state index contributed by atoms with van der Waals surface area (Å²) in [5, 5.41) is 3.33. The standard InChI is InChI=1S/C16H15ClFNO/c1-2-10-3-5-11(6-4-10)16-9-19-14-7-12(17)13(18)8-15(14)20-16/h3-8,16,19H,2,9H2,1H3. The smallest absolute Gasteiger partial charge is 0.146 e. The van der Waals surface area contributed by atoms with E-state index in [4.69, 9.17) is 16.3 Å². The van der Waals surface area contributed by atoms with Crippen LogP contribution in [-0.4, -0.2) is 6.54 Å². The molecular weight excluding hydrogens is 277 g/mol. The van der Waals surface area contributed by atoms with Crippen LogP contribution in [0.5, 0.6) is 5.75 Å². The van der Waals surface area contributed by atoms with Gasteiger partial charge in [-0.25, -0.2) is 4.39 Å². The van der Waals surface area contributed by atoms with Gasteiger partial charge in [0.05, 0.1) is 17.3 Å². The Balaban J connectivity index is 1.85. The summed E-state index contributed by atoms with van der Waals surface area (Å²) in [5.41, 5.74) is 3.10. The molecule has 0 amide bonds. The molecule has 1 aliphatic heterocycles. The van der Waals surface area contributed by atoms with Crippen LogP contribution in [0.3, 0.4) is 0 Å². The first-order chi connectivity index (χ1) is 9.67. The van der Waals surface area contributed by atoms with E-state index in [0.29, 0.717) is 12.3 Å². The van der Waals surface area contributed by atoms with Gasteiger partial charge < -0.3 is 10.1 Å². The molecule has 0 radical (unpaired) electrons. The van der Waals surface area contributed by atoms with Gasteiger partial charge in [-0.3, -0.25) is 0 Å². The number of fused-ring (bicyclic) bond motifs is 1. The van der Waals surface area contributed by atoms with Crippen molar-refractivity contribution in [3.8, 4) is 5.75 Å². The van der Waals surface area contributed by atoms with Gasteiger partial charge in [0, 0.05) is 6.07 Å². The Morgan fingerprint density at radius 3 is 2.75 bits per heavy atom. The third-order valence-corrected chi connectivity index (χ3v) is 3.82. The van der Waals surface area contributed by atoms with Gasteiger partial charge >= 0.3 is 0 Å². The summed E-state index contributed by atoms with van der Waals surface area (Å²) in [5.74, 6) is 0.0388. The molecule has 2 aromatic carbocycles. The summed E-state index contributed by atoms with van der Waals surface area (Å²) in [7, 11) is 0. The highest BCUT2D eigenvalue weighted by Crippen LogP contribution is 2.37. The molecule has 0 saturated heterocycles. The minimum atomic E-state index is -0.464. The zero-order chi connectivity index (χ0) is 14.1. The monoisotopic (exact) mass is 291 g/mol. The van der Waals surface area contributed by atoms with Crippen molar-refractivity contribution >= 4 is 17.3 Å². The largest absolute Gasteiger partial charge is 0.482 e. The van der Waals surface area contributed by atoms with Crippen molar-refractivity contribution in [3.63, 3.8) is 0 Å². The highest BCUT2D eigenvalue weighted by molar-refractivity contribution is 6.31. The molecular formula is C16H15ClFNO. The van der Waals surface area contributed by atoms with Crippen LogP contribution >= 0.6 is 11.6 Å². The lowest BCUT2D eigenvalue weighted by atomic mass is 10.0. The minimum absolute atomic E-state index is 0.102. The molecule has 1 atom stereocenters. The number of aryl methyl sites for hydroxylation is 1. The Bertz CT molecular complexity index is 627. The first kappa shape index (κ1) is 13.3. The molecule has 2 aromatic rings. The number of anilines is 1. The molecule has 0 fully saturated rings. The molecule has 1 aliphatic rings. The van der Waals surface area contributed by atoms with Gasteiger partial charge in [0.1, 0.15) is 17.7 Å². The van der Waals surface area contributed by atoms with Crippen LogP contribution in [0.25, 0.3) is 0 Å². The van der Waals surface area contributed by atoms with Crippen molar-refractivity contribution < 1.29 is 9.13 Å². The molecule has 2 nitrogen and oxygen atoms in total. The van der Waals surface area contributed by atoms with Crippen molar-refractivity contribution in [1.82, 2.24) is 0 Å². The molecule has 3 rings (SSSR count). The maximum absolute atomic E-state index is 13.5. The molecule has 0 spiro atoms. The number of ether oxygens (including phenoxy) is 1. The zero-order valence-electron chi connectivity index (χ0n) is 11.1. The summed E-state index contributed by atoms with van der Waals surface area (Å²) < 4.78 is 19.4. The van der Waals surface area contributed by atoms with E-state index in [-0.39, 0.29) is 11.1 Å². The number of benzene rings is 2. The Kier molecular flexibility index (Phi) is 3.53. The minimum Gasteiger partial charge on any atom is -0.482 e. The molecule has 1 unspecified atom stereocenters. The van der Waals surface area contributed by atoms with E-state index < -0.39 is 5.82 Å². The Labute approximate surface area is 122 Å². The van der Waals surface area contributed by atoms with E-state index in [0.717, 1.165) is 17.7 Å². The Morgan fingerprint density at radius 1 is 1.30 bits per heavy atom. The summed E-state index contributed by atoms with van der Waals surface area (Å²) in [6.45, 7) is 2.76. The predicted octanol–water partition coefficient (Wildman–Crippen LogP) is 4.59. The van der Waals surface area contributed by atoms with E-state index in [1.165, 1.54) is 11.6 Å². The molecule has 20 heavy (non-hydrogen) atoms. The van der Waals surface area contributed by atoms with Gasteiger partial charge in [-0.2, -0.15) is 0 Å². The molecule has 1 heterocycles. The maximum Gasteiger partial charge on any atom is 0.146 e. The van der Waals surface area contributed by atoms with Crippen LogP contribution < -0.4 is 10.1 Å². The quantitative estimate of drug-likeness (QED) is 0.874. The van der Waals surface area contributed by atoms with Gasteiger partial charge in [0.2, 0.25) is 0 Å². The third kappa shape index (κ3) is 2.46. The first-order valence-corrected chi connectivity index (χ1v) is 7.03. The average Bonchev–Trinajstić information content (AvgIpc) is 2.48. The summed E-state index contributed by atoms with van der Waals surface area (Å²) in [6, 6.07) is 11.2. The summed E-state index contributed by atoms with van der Waals surface area (Å²) in [6.07, 6.45) is 0.894. The van der Waals surface area contributed by atoms with Crippen molar-refractivity contribution in [2.24, 2.45) is 0 Å². The fourth-order valence-electron chi connectivity index (χ4n) is 2.32. The second-order valence-electron chi connectivity index (χ2n) is 4.85. The number of hydrogen-bond acceptors (Lipinski definition) is 2. The molecule has 1 N–H and O–H groups in total. The van der Waals surface area contributed by atoms with Gasteiger partial charge in [0.15, 0.2) is 0 Å². The fraction of sp³-hybridized carbons (Fsp3) is 0.250. The van der Waals surface area contributed by atoms with Crippen LogP contribution in [0.1, 0.15) is 24.2 Å². The van der Waals surface area contributed by atoms with Crippen molar-refractivity contribution in [2.45, 2.75) is 19.4 Å². The van der Waals surface area contributed by atoms with E-state index >= 15 is 0 Å². The van der Waals surface area contributed by atoms with Crippen LogP contribution in [0.2, 0.25) is 5.02 Å². The molecule has 0 saturated carbocycles. The molecule has 104 valence electrons. The normalized spacial score (nSPS) is 17.1. The predicted molar refractivity (Wildman–Crippen MR) is 79.1 cm³/mol. The SMILES string of the molecule is CCc1ccc(C2CNc3cc(Cl)c(F)cc3O2)cc1. The first-order valence-electron chi connectivity index (χ1n) is 6.65. The lowest BCUT2D eigenvalue weighted by Gasteiger charge is -2.28. The number of hydrogen-bond donors (Lipinski definition) is 1. The van der Waals surface area contributed by atoms with E-state index in [2.05, 4.69) is 36.5 Å². The maximum atomic E-state index is 13.5. The lowest BCUT2D eigenvalue weighted by molar-refractivity contribution is 0.209. The number of rotatable bonds is 2. The van der Waals surface area contributed by atoms with E-state index in [1.54, 1.807) is 6.07 Å². The third-order valence-electron chi connectivity index (χ3n) is 3.53. The zero-order valence-corrected chi connectivity index (χ0v) is 11.9.